The van der Waals surface area contributed by atoms with Gasteiger partial charge in [-0.3, -0.25) is 9.78 Å². The molecule has 0 unspecified atom stereocenters. The fraction of sp³-hybridized carbons (Fsp3) is 0.217. The summed E-state index contributed by atoms with van der Waals surface area (Å²) in [7, 11) is 1.48. The van der Waals surface area contributed by atoms with Gasteiger partial charge in [0, 0.05) is 36.5 Å². The Kier molecular flexibility index (Phi) is 6.87. The first-order valence-electron chi connectivity index (χ1n) is 9.38. The quantitative estimate of drug-likeness (QED) is 0.611. The number of carbonyl (C=O) groups is 1. The van der Waals surface area contributed by atoms with Crippen molar-refractivity contribution in [2.75, 3.05) is 7.11 Å². The van der Waals surface area contributed by atoms with E-state index in [2.05, 4.69) is 10.3 Å². The van der Waals surface area contributed by atoms with Gasteiger partial charge in [-0.2, -0.15) is 0 Å². The van der Waals surface area contributed by atoms with Crippen LogP contribution in [0.25, 0.3) is 11.3 Å². The molecule has 1 aromatic heterocycles. The highest BCUT2D eigenvalue weighted by Gasteiger charge is 2.16. The summed E-state index contributed by atoms with van der Waals surface area (Å²) in [6, 6.07) is 12.1. The number of ether oxygens (including phenoxy) is 1. The molecule has 2 N–H and O–H groups in total. The van der Waals surface area contributed by atoms with Gasteiger partial charge < -0.3 is 15.2 Å². The maximum atomic E-state index is 14.3. The molecule has 2 aromatic carbocycles. The molecule has 3 rings (SSSR count). The number of hydrogen-bond donors (Lipinski definition) is 2. The zero-order chi connectivity index (χ0) is 21.7. The summed E-state index contributed by atoms with van der Waals surface area (Å²) >= 11 is 0. The fourth-order valence-electron chi connectivity index (χ4n) is 3.09. The van der Waals surface area contributed by atoms with Gasteiger partial charge in [0.1, 0.15) is 11.6 Å². The van der Waals surface area contributed by atoms with E-state index in [1.807, 2.05) is 0 Å². The molecule has 5 nitrogen and oxygen atoms in total. The minimum absolute atomic E-state index is 0.0369. The van der Waals surface area contributed by atoms with Crippen LogP contribution in [-0.2, 0) is 17.9 Å². The number of aromatic nitrogens is 1. The van der Waals surface area contributed by atoms with Gasteiger partial charge in [0.25, 0.3) is 5.91 Å². The van der Waals surface area contributed by atoms with Crippen LogP contribution in [-0.4, -0.2) is 23.1 Å². The molecule has 0 aliphatic rings. The maximum Gasteiger partial charge on any atom is 0.254 e. The Bertz CT molecular complexity index is 1050. The van der Waals surface area contributed by atoms with Gasteiger partial charge in [-0.05, 0) is 42.8 Å². The Labute approximate surface area is 173 Å². The number of nitrogens with one attached hydrogen (secondary N) is 1. The molecule has 0 saturated carbocycles. The van der Waals surface area contributed by atoms with Crippen LogP contribution in [0.1, 0.15) is 40.1 Å². The van der Waals surface area contributed by atoms with E-state index in [0.717, 1.165) is 0 Å². The average molecular weight is 412 g/mol. The standard InChI is InChI=1S/C23H22F2N2O3/c1-14(28)18-4-3-9-26-22(18)16-7-8-20(24)19(11-16)23(29)27-12-15-5-6-17(13-30-2)21(25)10-15/h3-11,14,28H,12-13H2,1-2H3,(H,27,29)/t14-/m1/s1. The van der Waals surface area contributed by atoms with Crippen molar-refractivity contribution in [3.8, 4) is 11.3 Å². The van der Waals surface area contributed by atoms with Gasteiger partial charge in [-0.25, -0.2) is 8.78 Å². The first kappa shape index (κ1) is 21.5. The second kappa shape index (κ2) is 9.56. The van der Waals surface area contributed by atoms with Crippen LogP contribution >= 0.6 is 0 Å². The summed E-state index contributed by atoms with van der Waals surface area (Å²) in [6.45, 7) is 1.79. The molecule has 3 aromatic rings. The van der Waals surface area contributed by atoms with Crippen molar-refractivity contribution in [1.29, 1.82) is 0 Å². The predicted octanol–water partition coefficient (Wildman–Crippen LogP) is 4.16. The normalized spacial score (nSPS) is 11.9. The Hall–Kier alpha value is -3.16. The van der Waals surface area contributed by atoms with Crippen LogP contribution in [0.3, 0.4) is 0 Å². The molecular formula is C23H22F2N2O3. The number of rotatable bonds is 7. The largest absolute Gasteiger partial charge is 0.389 e. The summed E-state index contributed by atoms with van der Waals surface area (Å²) in [5.41, 5.74) is 2.34. The second-order valence-corrected chi connectivity index (χ2v) is 6.85. The smallest absolute Gasteiger partial charge is 0.254 e. The molecule has 156 valence electrons. The molecule has 1 heterocycles. The van der Waals surface area contributed by atoms with E-state index in [-0.39, 0.29) is 18.7 Å². The number of benzene rings is 2. The predicted molar refractivity (Wildman–Crippen MR) is 109 cm³/mol. The van der Waals surface area contributed by atoms with Crippen molar-refractivity contribution >= 4 is 5.91 Å². The highest BCUT2D eigenvalue weighted by atomic mass is 19.1. The fourth-order valence-corrected chi connectivity index (χ4v) is 3.09. The second-order valence-electron chi connectivity index (χ2n) is 6.85. The van der Waals surface area contributed by atoms with E-state index >= 15 is 0 Å². The van der Waals surface area contributed by atoms with Crippen LogP contribution in [0, 0.1) is 11.6 Å². The number of amides is 1. The Morgan fingerprint density at radius 2 is 1.97 bits per heavy atom. The molecule has 0 saturated heterocycles. The van der Waals surface area contributed by atoms with E-state index in [0.29, 0.717) is 27.9 Å². The van der Waals surface area contributed by atoms with E-state index in [1.165, 1.54) is 31.4 Å². The van der Waals surface area contributed by atoms with Gasteiger partial charge in [0.15, 0.2) is 0 Å². The van der Waals surface area contributed by atoms with Gasteiger partial charge in [0.05, 0.1) is 24.0 Å². The van der Waals surface area contributed by atoms with E-state index < -0.39 is 23.6 Å². The van der Waals surface area contributed by atoms with Crippen LogP contribution in [0.15, 0.2) is 54.7 Å². The van der Waals surface area contributed by atoms with Crippen LogP contribution in [0.5, 0.6) is 0 Å². The molecule has 0 fully saturated rings. The van der Waals surface area contributed by atoms with E-state index in [4.69, 9.17) is 4.74 Å². The number of aliphatic hydroxyl groups excluding tert-OH is 1. The molecule has 7 heteroatoms. The zero-order valence-electron chi connectivity index (χ0n) is 16.7. The number of aliphatic hydroxyl groups is 1. The zero-order valence-corrected chi connectivity index (χ0v) is 16.7. The minimum Gasteiger partial charge on any atom is -0.389 e. The number of hydrogen-bond acceptors (Lipinski definition) is 4. The average Bonchev–Trinajstić information content (AvgIpc) is 2.74. The van der Waals surface area contributed by atoms with Crippen LogP contribution in [0.2, 0.25) is 0 Å². The lowest BCUT2D eigenvalue weighted by Crippen LogP contribution is -2.24. The topological polar surface area (TPSA) is 71.5 Å². The highest BCUT2D eigenvalue weighted by molar-refractivity contribution is 5.95. The molecule has 0 aliphatic heterocycles. The third kappa shape index (κ3) is 4.87. The van der Waals surface area contributed by atoms with Gasteiger partial charge >= 0.3 is 0 Å². The van der Waals surface area contributed by atoms with Gasteiger partial charge in [0.2, 0.25) is 0 Å². The number of carbonyl (C=O) groups excluding carboxylic acids is 1. The third-order valence-electron chi connectivity index (χ3n) is 4.64. The Morgan fingerprint density at radius 1 is 1.17 bits per heavy atom. The van der Waals surface area contributed by atoms with Crippen molar-refractivity contribution in [1.82, 2.24) is 10.3 Å². The minimum atomic E-state index is -0.771. The molecule has 0 bridgehead atoms. The summed E-state index contributed by atoms with van der Waals surface area (Å²) in [6.07, 6.45) is 0.790. The monoisotopic (exact) mass is 412 g/mol. The van der Waals surface area contributed by atoms with Crippen molar-refractivity contribution in [3.05, 3.63) is 88.6 Å². The van der Waals surface area contributed by atoms with Gasteiger partial charge in [-0.15, -0.1) is 0 Å². The van der Waals surface area contributed by atoms with Gasteiger partial charge in [-0.1, -0.05) is 18.2 Å². The van der Waals surface area contributed by atoms with E-state index in [9.17, 15) is 18.7 Å². The molecule has 0 spiro atoms. The Morgan fingerprint density at radius 3 is 2.67 bits per heavy atom. The Balaban J connectivity index is 1.80. The third-order valence-corrected chi connectivity index (χ3v) is 4.64. The summed E-state index contributed by atoms with van der Waals surface area (Å²) in [5, 5.41) is 12.6. The molecule has 0 radical (unpaired) electrons. The van der Waals surface area contributed by atoms with Crippen LogP contribution < -0.4 is 5.32 Å². The first-order chi connectivity index (χ1) is 14.4. The summed E-state index contributed by atoms with van der Waals surface area (Å²) in [5.74, 6) is -1.75. The molecular weight excluding hydrogens is 390 g/mol. The first-order valence-corrected chi connectivity index (χ1v) is 9.38. The summed E-state index contributed by atoms with van der Waals surface area (Å²) < 4.78 is 33.2. The number of halogens is 2. The highest BCUT2D eigenvalue weighted by Crippen LogP contribution is 2.27. The molecule has 1 amide bonds. The molecule has 1 atom stereocenters. The van der Waals surface area contributed by atoms with Crippen molar-refractivity contribution in [2.24, 2.45) is 0 Å². The lowest BCUT2D eigenvalue weighted by molar-refractivity contribution is 0.0947. The number of pyridine rings is 1. The summed E-state index contributed by atoms with van der Waals surface area (Å²) in [4.78, 5) is 16.8. The maximum absolute atomic E-state index is 14.3. The van der Waals surface area contributed by atoms with Crippen molar-refractivity contribution in [3.63, 3.8) is 0 Å². The van der Waals surface area contributed by atoms with E-state index in [1.54, 1.807) is 37.4 Å². The lowest BCUT2D eigenvalue weighted by Gasteiger charge is -2.13. The molecule has 0 aliphatic carbocycles. The van der Waals surface area contributed by atoms with Crippen LogP contribution in [0.4, 0.5) is 8.78 Å². The number of nitrogens with zero attached hydrogens (tertiary/aromatic N) is 1. The molecule has 30 heavy (non-hydrogen) atoms. The lowest BCUT2D eigenvalue weighted by atomic mass is 10.00. The van der Waals surface area contributed by atoms with Crippen molar-refractivity contribution < 1.29 is 23.4 Å². The van der Waals surface area contributed by atoms with Crippen molar-refractivity contribution in [2.45, 2.75) is 26.2 Å². The SMILES string of the molecule is COCc1ccc(CNC(=O)c2cc(-c3ncccc3[C@@H](C)O)ccc2F)cc1F. The number of methoxy groups -OCH3 is 1.